The molecule has 1 aromatic carbocycles. The summed E-state index contributed by atoms with van der Waals surface area (Å²) in [6, 6.07) is 8.76. The van der Waals surface area contributed by atoms with E-state index in [0.29, 0.717) is 11.8 Å². The van der Waals surface area contributed by atoms with Crippen molar-refractivity contribution in [3.8, 4) is 0 Å². The summed E-state index contributed by atoms with van der Waals surface area (Å²) in [7, 11) is 0. The lowest BCUT2D eigenvalue weighted by molar-refractivity contribution is -0.159. The summed E-state index contributed by atoms with van der Waals surface area (Å²) in [4.78, 5) is 18.2. The lowest BCUT2D eigenvalue weighted by Crippen LogP contribution is -2.45. The van der Waals surface area contributed by atoms with Gasteiger partial charge in [0.1, 0.15) is 0 Å². The molecule has 3 atom stereocenters. The van der Waals surface area contributed by atoms with Crippen molar-refractivity contribution in [1.82, 2.24) is 5.32 Å². The van der Waals surface area contributed by atoms with Crippen LogP contribution in [0.25, 0.3) is 5.70 Å². The van der Waals surface area contributed by atoms with Crippen molar-refractivity contribution in [1.29, 1.82) is 0 Å². The van der Waals surface area contributed by atoms with E-state index >= 15 is 0 Å². The zero-order chi connectivity index (χ0) is 16.6. The minimum absolute atomic E-state index is 0.0621. The highest BCUT2D eigenvalue weighted by Crippen LogP contribution is 2.50. The van der Waals surface area contributed by atoms with Gasteiger partial charge in [-0.25, -0.2) is 9.59 Å². The monoisotopic (exact) mass is 311 g/mol. The third-order valence-electron chi connectivity index (χ3n) is 4.56. The Bertz CT molecular complexity index is 750. The van der Waals surface area contributed by atoms with E-state index in [1.165, 1.54) is 16.8 Å². The Morgan fingerprint density at radius 3 is 2.43 bits per heavy atom. The number of fused-ring (bicyclic) bond motifs is 7. The molecule has 118 valence electrons. The molecule has 0 amide bonds. The van der Waals surface area contributed by atoms with E-state index < -0.39 is 11.9 Å². The SMILES string of the molecule is CC12NC(=CC3C=CC=CC31)c1ccccc12.O=C(O)C(=O)O. The molecule has 0 saturated heterocycles. The number of nitrogens with one attached hydrogen (secondary N) is 1. The van der Waals surface area contributed by atoms with Crippen LogP contribution >= 0.6 is 0 Å². The maximum Gasteiger partial charge on any atom is 0.414 e. The normalized spacial score (nSPS) is 28.5. The Morgan fingerprint density at radius 2 is 1.74 bits per heavy atom. The number of hydrogen-bond acceptors (Lipinski definition) is 3. The second kappa shape index (κ2) is 5.43. The van der Waals surface area contributed by atoms with Crippen LogP contribution in [0.15, 0.2) is 54.6 Å². The van der Waals surface area contributed by atoms with Gasteiger partial charge < -0.3 is 15.5 Å². The van der Waals surface area contributed by atoms with Gasteiger partial charge in [0.25, 0.3) is 0 Å². The molecular formula is C18H17NO4. The Kier molecular flexibility index (Phi) is 3.56. The van der Waals surface area contributed by atoms with Crippen molar-refractivity contribution < 1.29 is 19.8 Å². The van der Waals surface area contributed by atoms with Crippen molar-refractivity contribution >= 4 is 17.6 Å². The van der Waals surface area contributed by atoms with E-state index in [1.807, 2.05) is 0 Å². The first-order chi connectivity index (χ1) is 10.9. The highest BCUT2D eigenvalue weighted by Gasteiger charge is 2.47. The molecule has 3 aliphatic rings. The highest BCUT2D eigenvalue weighted by atomic mass is 16.4. The highest BCUT2D eigenvalue weighted by molar-refractivity contribution is 6.27. The molecule has 2 aliphatic heterocycles. The van der Waals surface area contributed by atoms with Crippen molar-refractivity contribution in [2.75, 3.05) is 0 Å². The molecule has 0 spiro atoms. The third kappa shape index (κ3) is 2.44. The molecule has 3 unspecified atom stereocenters. The fraction of sp³-hybridized carbons (Fsp3) is 0.222. The number of allylic oxidation sites excluding steroid dienone is 4. The zero-order valence-corrected chi connectivity index (χ0v) is 12.6. The second-order valence-electron chi connectivity index (χ2n) is 5.94. The molecule has 5 heteroatoms. The van der Waals surface area contributed by atoms with E-state index in [4.69, 9.17) is 19.8 Å². The number of aliphatic carboxylic acids is 2. The molecule has 0 aromatic heterocycles. The Balaban J connectivity index is 0.000000227. The van der Waals surface area contributed by atoms with Crippen LogP contribution in [-0.4, -0.2) is 22.2 Å². The molecule has 0 radical (unpaired) electrons. The van der Waals surface area contributed by atoms with Crippen LogP contribution in [0, 0.1) is 11.8 Å². The Morgan fingerprint density at radius 1 is 1.09 bits per heavy atom. The second-order valence-corrected chi connectivity index (χ2v) is 5.94. The van der Waals surface area contributed by atoms with Gasteiger partial charge in [0, 0.05) is 23.1 Å². The summed E-state index contributed by atoms with van der Waals surface area (Å²) in [5, 5.41) is 18.5. The smallest absolute Gasteiger partial charge is 0.414 e. The van der Waals surface area contributed by atoms with Crippen molar-refractivity contribution in [2.45, 2.75) is 12.5 Å². The van der Waals surface area contributed by atoms with Gasteiger partial charge in [-0.2, -0.15) is 0 Å². The third-order valence-corrected chi connectivity index (χ3v) is 4.56. The number of rotatable bonds is 0. The van der Waals surface area contributed by atoms with E-state index in [0.717, 1.165) is 0 Å². The van der Waals surface area contributed by atoms with E-state index in [9.17, 15) is 0 Å². The standard InChI is InChI=1S/C16H15N.C2H2O4/c1-16-13-8-4-2-6-11(13)10-15(17-16)12-7-3-5-9-14(12)16;3-1(4)2(5)6/h2-11,13,17H,1H3;(H,3,4)(H,5,6). The van der Waals surface area contributed by atoms with Gasteiger partial charge in [0.15, 0.2) is 0 Å². The van der Waals surface area contributed by atoms with Gasteiger partial charge in [0.05, 0.1) is 5.54 Å². The van der Waals surface area contributed by atoms with Gasteiger partial charge >= 0.3 is 11.9 Å². The first kappa shape index (κ1) is 15.1. The lowest BCUT2D eigenvalue weighted by Gasteiger charge is -2.40. The van der Waals surface area contributed by atoms with Gasteiger partial charge in [-0.3, -0.25) is 0 Å². The maximum absolute atomic E-state index is 9.10. The molecule has 2 heterocycles. The van der Waals surface area contributed by atoms with Gasteiger partial charge in [-0.05, 0) is 12.5 Å². The molecule has 0 saturated carbocycles. The molecular weight excluding hydrogens is 294 g/mol. The van der Waals surface area contributed by atoms with Gasteiger partial charge in [0.2, 0.25) is 0 Å². The number of carboxylic acid groups (broad SMARTS) is 2. The Hall–Kier alpha value is -2.82. The van der Waals surface area contributed by atoms with Crippen molar-refractivity contribution in [2.24, 2.45) is 11.8 Å². The molecule has 1 aromatic rings. The van der Waals surface area contributed by atoms with E-state index in [-0.39, 0.29) is 5.54 Å². The fourth-order valence-corrected chi connectivity index (χ4v) is 3.53. The fourth-order valence-electron chi connectivity index (χ4n) is 3.53. The molecule has 4 rings (SSSR count). The minimum Gasteiger partial charge on any atom is -0.473 e. The summed E-state index contributed by atoms with van der Waals surface area (Å²) < 4.78 is 0. The molecule has 0 fully saturated rings. The summed E-state index contributed by atoms with van der Waals surface area (Å²) in [5.41, 5.74) is 4.20. The quantitative estimate of drug-likeness (QED) is 0.640. The Labute approximate surface area is 133 Å². The topological polar surface area (TPSA) is 86.6 Å². The predicted molar refractivity (Wildman–Crippen MR) is 85.4 cm³/mol. The largest absolute Gasteiger partial charge is 0.473 e. The van der Waals surface area contributed by atoms with Crippen molar-refractivity contribution in [3.05, 3.63) is 65.8 Å². The zero-order valence-electron chi connectivity index (χ0n) is 12.6. The number of carbonyl (C=O) groups is 2. The summed E-state index contributed by atoms with van der Waals surface area (Å²) >= 11 is 0. The van der Waals surface area contributed by atoms with Crippen LogP contribution in [0.3, 0.4) is 0 Å². The van der Waals surface area contributed by atoms with Crippen LogP contribution in [0.1, 0.15) is 18.1 Å². The van der Waals surface area contributed by atoms with Gasteiger partial charge in [-0.15, -0.1) is 0 Å². The van der Waals surface area contributed by atoms with Crippen molar-refractivity contribution in [3.63, 3.8) is 0 Å². The van der Waals surface area contributed by atoms with E-state index in [2.05, 4.69) is 66.9 Å². The predicted octanol–water partition coefficient (Wildman–Crippen LogP) is 2.37. The number of carboxylic acids is 2. The average molecular weight is 311 g/mol. The minimum atomic E-state index is -1.82. The molecule has 2 bridgehead atoms. The summed E-state index contributed by atoms with van der Waals surface area (Å²) in [5.74, 6) is -2.58. The van der Waals surface area contributed by atoms with E-state index in [1.54, 1.807) is 0 Å². The van der Waals surface area contributed by atoms with Crippen LogP contribution in [0.4, 0.5) is 0 Å². The average Bonchev–Trinajstić information content (AvgIpc) is 2.78. The van der Waals surface area contributed by atoms with Crippen LogP contribution in [0.5, 0.6) is 0 Å². The van der Waals surface area contributed by atoms with Crippen LogP contribution in [-0.2, 0) is 15.1 Å². The lowest BCUT2D eigenvalue weighted by atomic mass is 9.71. The molecule has 5 nitrogen and oxygen atoms in total. The molecule has 3 N–H and O–H groups in total. The first-order valence-electron chi connectivity index (χ1n) is 7.34. The summed E-state index contributed by atoms with van der Waals surface area (Å²) in [6.45, 7) is 2.33. The van der Waals surface area contributed by atoms with Gasteiger partial charge in [-0.1, -0.05) is 54.6 Å². The number of benzene rings is 1. The molecule has 23 heavy (non-hydrogen) atoms. The van der Waals surface area contributed by atoms with Crippen LogP contribution in [0.2, 0.25) is 0 Å². The maximum atomic E-state index is 9.10. The summed E-state index contributed by atoms with van der Waals surface area (Å²) in [6.07, 6.45) is 11.4. The van der Waals surface area contributed by atoms with Crippen LogP contribution < -0.4 is 5.32 Å². The first-order valence-corrected chi connectivity index (χ1v) is 7.34. The number of hydrogen-bond donors (Lipinski definition) is 3. The molecule has 1 aliphatic carbocycles.